The number of rotatable bonds is 6. The van der Waals surface area contributed by atoms with Crippen molar-refractivity contribution in [2.75, 3.05) is 19.0 Å². The summed E-state index contributed by atoms with van der Waals surface area (Å²) in [6.45, 7) is 10.2. The van der Waals surface area contributed by atoms with Gasteiger partial charge in [0.15, 0.2) is 0 Å². The average Bonchev–Trinajstić information content (AvgIpc) is 3.27. The zero-order chi connectivity index (χ0) is 26.9. The molecule has 1 saturated heterocycles. The summed E-state index contributed by atoms with van der Waals surface area (Å²) in [4.78, 5) is 39.4. The van der Waals surface area contributed by atoms with Gasteiger partial charge in [0.05, 0.1) is 12.0 Å². The van der Waals surface area contributed by atoms with Crippen molar-refractivity contribution in [1.82, 2.24) is 9.47 Å². The average molecular weight is 518 g/mol. The second-order valence-electron chi connectivity index (χ2n) is 10.0. The Bertz CT molecular complexity index is 1380. The first-order valence-electron chi connectivity index (χ1n) is 12.0. The number of carbonyl (C=O) groups is 3. The monoisotopic (exact) mass is 517 g/mol. The molecule has 3 aromatic rings. The second-order valence-corrected chi connectivity index (χ2v) is 11.0. The van der Waals surface area contributed by atoms with E-state index < -0.39 is 17.1 Å². The van der Waals surface area contributed by atoms with Crippen molar-refractivity contribution in [3.63, 3.8) is 0 Å². The van der Waals surface area contributed by atoms with E-state index in [1.807, 2.05) is 19.9 Å². The van der Waals surface area contributed by atoms with E-state index >= 15 is 0 Å². The van der Waals surface area contributed by atoms with Crippen LogP contribution in [0.1, 0.15) is 43.3 Å². The van der Waals surface area contributed by atoms with E-state index in [0.717, 1.165) is 39.3 Å². The van der Waals surface area contributed by atoms with E-state index in [1.54, 1.807) is 37.5 Å². The van der Waals surface area contributed by atoms with Crippen LogP contribution in [0.5, 0.6) is 5.75 Å². The topological polar surface area (TPSA) is 80.6 Å². The Morgan fingerprint density at radius 1 is 1.03 bits per heavy atom. The fourth-order valence-corrected chi connectivity index (χ4v) is 5.07. The normalized spacial score (nSPS) is 15.0. The zero-order valence-electron chi connectivity index (χ0n) is 21.9. The van der Waals surface area contributed by atoms with E-state index in [4.69, 9.17) is 4.74 Å². The smallest absolute Gasteiger partial charge is 0.294 e. The van der Waals surface area contributed by atoms with Crippen molar-refractivity contribution in [3.05, 3.63) is 82.0 Å². The van der Waals surface area contributed by atoms with E-state index in [2.05, 4.69) is 54.9 Å². The van der Waals surface area contributed by atoms with Crippen molar-refractivity contribution in [3.8, 4) is 11.4 Å². The summed E-state index contributed by atoms with van der Waals surface area (Å²) >= 11 is 0.847. The fraction of sp³-hybridized carbons (Fsp3) is 0.276. The van der Waals surface area contributed by atoms with Crippen LogP contribution in [0.2, 0.25) is 0 Å². The van der Waals surface area contributed by atoms with Crippen LogP contribution in [0.3, 0.4) is 0 Å². The predicted octanol–water partition coefficient (Wildman–Crippen LogP) is 6.08. The molecule has 0 bridgehead atoms. The number of ether oxygens (including phenoxy) is 1. The molecule has 1 aliphatic rings. The van der Waals surface area contributed by atoms with Gasteiger partial charge in [-0.3, -0.25) is 19.3 Å². The van der Waals surface area contributed by atoms with Crippen molar-refractivity contribution < 1.29 is 19.1 Å². The Labute approximate surface area is 221 Å². The molecule has 0 atom stereocenters. The quantitative estimate of drug-likeness (QED) is 0.401. The Morgan fingerprint density at radius 3 is 2.27 bits per heavy atom. The first kappa shape index (κ1) is 26.3. The number of aromatic nitrogens is 1. The number of methoxy groups -OCH3 is 1. The van der Waals surface area contributed by atoms with Gasteiger partial charge in [-0.15, -0.1) is 0 Å². The number of aryl methyl sites for hydroxylation is 1. The third-order valence-corrected chi connectivity index (χ3v) is 7.20. The summed E-state index contributed by atoms with van der Waals surface area (Å²) in [6.07, 6.45) is 1.73. The lowest BCUT2D eigenvalue weighted by Gasteiger charge is -2.20. The van der Waals surface area contributed by atoms with Crippen molar-refractivity contribution >= 4 is 40.6 Å². The molecule has 3 amide bonds. The second kappa shape index (κ2) is 10.3. The molecular weight excluding hydrogens is 486 g/mol. The van der Waals surface area contributed by atoms with E-state index in [1.165, 1.54) is 5.56 Å². The number of hydrogen-bond donors (Lipinski definition) is 1. The predicted molar refractivity (Wildman–Crippen MR) is 148 cm³/mol. The number of amides is 3. The first-order chi connectivity index (χ1) is 17.5. The number of anilines is 1. The van der Waals surface area contributed by atoms with Crippen LogP contribution in [0, 0.1) is 13.8 Å². The van der Waals surface area contributed by atoms with Crippen molar-refractivity contribution in [2.24, 2.45) is 0 Å². The van der Waals surface area contributed by atoms with Crippen molar-refractivity contribution in [2.45, 2.75) is 40.0 Å². The molecule has 1 N–H and O–H groups in total. The number of carbonyl (C=O) groups excluding carboxylic acids is 3. The van der Waals surface area contributed by atoms with Gasteiger partial charge in [-0.25, -0.2) is 0 Å². The molecule has 4 rings (SSSR count). The molecule has 7 nitrogen and oxygen atoms in total. The summed E-state index contributed by atoms with van der Waals surface area (Å²) in [7, 11) is 1.56. The molecule has 8 heteroatoms. The minimum atomic E-state index is -0.473. The lowest BCUT2D eigenvalue weighted by Crippen LogP contribution is -2.36. The number of imide groups is 1. The third kappa shape index (κ3) is 5.64. The number of thioether (sulfide) groups is 1. The molecule has 0 aliphatic carbocycles. The molecule has 1 aliphatic heterocycles. The molecule has 2 aromatic carbocycles. The maximum Gasteiger partial charge on any atom is 0.294 e. The minimum Gasteiger partial charge on any atom is -0.497 e. The summed E-state index contributed by atoms with van der Waals surface area (Å²) < 4.78 is 7.24. The van der Waals surface area contributed by atoms with Gasteiger partial charge in [-0.05, 0) is 90.7 Å². The van der Waals surface area contributed by atoms with E-state index in [9.17, 15) is 14.4 Å². The minimum absolute atomic E-state index is 0.0684. The van der Waals surface area contributed by atoms with Crippen LogP contribution in [-0.4, -0.2) is 40.2 Å². The number of nitrogens with zero attached hydrogens (tertiary/aromatic N) is 2. The lowest BCUT2D eigenvalue weighted by atomic mass is 9.87. The van der Waals surface area contributed by atoms with Gasteiger partial charge in [0, 0.05) is 22.8 Å². The molecule has 0 unspecified atom stereocenters. The Balaban J connectivity index is 1.50. The molecule has 0 spiro atoms. The molecular formula is C29H31N3O4S. The highest BCUT2D eigenvalue weighted by atomic mass is 32.2. The molecule has 192 valence electrons. The summed E-state index contributed by atoms with van der Waals surface area (Å²) in [5.41, 5.74) is 5.74. The molecule has 2 heterocycles. The van der Waals surface area contributed by atoms with Gasteiger partial charge >= 0.3 is 0 Å². The van der Waals surface area contributed by atoms with E-state index in [0.29, 0.717) is 16.3 Å². The maximum atomic E-state index is 13.0. The highest BCUT2D eigenvalue weighted by Gasteiger charge is 2.36. The highest BCUT2D eigenvalue weighted by Crippen LogP contribution is 2.34. The standard InChI is InChI=1S/C29H31N3O4S/c1-18-15-20(19(2)32(18)23-11-7-21(8-12-23)29(3,4)5)16-25-27(34)31(28(35)37-25)17-26(33)30-22-9-13-24(36-6)14-10-22/h7-16H,17H2,1-6H3,(H,30,33)/b25-16-. The number of hydrogen-bond acceptors (Lipinski definition) is 5. The summed E-state index contributed by atoms with van der Waals surface area (Å²) in [6, 6.07) is 17.3. The summed E-state index contributed by atoms with van der Waals surface area (Å²) in [5.74, 6) is -0.264. The van der Waals surface area contributed by atoms with Crippen LogP contribution >= 0.6 is 11.8 Å². The highest BCUT2D eigenvalue weighted by molar-refractivity contribution is 8.18. The largest absolute Gasteiger partial charge is 0.497 e. The van der Waals surface area contributed by atoms with Crippen LogP contribution in [-0.2, 0) is 15.0 Å². The van der Waals surface area contributed by atoms with Crippen LogP contribution in [0.15, 0.2) is 59.5 Å². The molecule has 0 saturated carbocycles. The van der Waals surface area contributed by atoms with Gasteiger partial charge < -0.3 is 14.6 Å². The van der Waals surface area contributed by atoms with Gasteiger partial charge in [-0.1, -0.05) is 32.9 Å². The van der Waals surface area contributed by atoms with Gasteiger partial charge in [0.25, 0.3) is 11.1 Å². The van der Waals surface area contributed by atoms with Gasteiger partial charge in [-0.2, -0.15) is 0 Å². The molecule has 37 heavy (non-hydrogen) atoms. The molecule has 1 fully saturated rings. The first-order valence-corrected chi connectivity index (χ1v) is 12.8. The van der Waals surface area contributed by atoms with Crippen molar-refractivity contribution in [1.29, 1.82) is 0 Å². The Morgan fingerprint density at radius 2 is 1.68 bits per heavy atom. The van der Waals surface area contributed by atoms with E-state index in [-0.39, 0.29) is 12.0 Å². The van der Waals surface area contributed by atoms with Gasteiger partial charge in [0.2, 0.25) is 5.91 Å². The zero-order valence-corrected chi connectivity index (χ0v) is 22.7. The number of nitrogens with one attached hydrogen (secondary N) is 1. The van der Waals surface area contributed by atoms with Crippen LogP contribution < -0.4 is 10.1 Å². The SMILES string of the molecule is COc1ccc(NC(=O)CN2C(=O)S/C(=C\c3cc(C)n(-c4ccc(C(C)(C)C)cc4)c3C)C2=O)cc1. The lowest BCUT2D eigenvalue weighted by molar-refractivity contribution is -0.127. The van der Waals surface area contributed by atoms with Crippen LogP contribution in [0.25, 0.3) is 11.8 Å². The third-order valence-electron chi connectivity index (χ3n) is 6.30. The summed E-state index contributed by atoms with van der Waals surface area (Å²) in [5, 5.41) is 2.24. The fourth-order valence-electron chi connectivity index (χ4n) is 4.24. The maximum absolute atomic E-state index is 13.0. The molecule has 1 aromatic heterocycles. The number of benzene rings is 2. The Hall–Kier alpha value is -3.78. The van der Waals surface area contributed by atoms with Crippen LogP contribution in [0.4, 0.5) is 10.5 Å². The Kier molecular flexibility index (Phi) is 7.32. The van der Waals surface area contributed by atoms with Gasteiger partial charge in [0.1, 0.15) is 12.3 Å². The molecule has 0 radical (unpaired) electrons.